The molecular weight excluding hydrogens is 232 g/mol. The average Bonchev–Trinajstić information content (AvgIpc) is 2.53. The second-order valence-corrected chi connectivity index (χ2v) is 4.94. The molecule has 2 rings (SSSR count). The van der Waals surface area contributed by atoms with Crippen molar-refractivity contribution in [3.63, 3.8) is 0 Å². The maximum Gasteiger partial charge on any atom is 0.106 e. The lowest BCUT2D eigenvalue weighted by Crippen LogP contribution is -2.58. The zero-order valence-electron chi connectivity index (χ0n) is 9.03. The van der Waals surface area contributed by atoms with Gasteiger partial charge >= 0.3 is 0 Å². The van der Waals surface area contributed by atoms with Gasteiger partial charge in [0.1, 0.15) is 12.2 Å². The molecule has 7 heteroatoms. The number of hydrogen-bond acceptors (Lipinski definition) is 7. The molecule has 9 unspecified atom stereocenters. The first-order chi connectivity index (χ1) is 7.91. The second-order valence-electron chi connectivity index (χ2n) is 4.94. The van der Waals surface area contributed by atoms with E-state index in [0.717, 1.165) is 0 Å². The van der Waals surface area contributed by atoms with Crippen LogP contribution in [0, 0.1) is 17.8 Å². The molecule has 0 heterocycles. The van der Waals surface area contributed by atoms with Gasteiger partial charge in [0.15, 0.2) is 0 Å². The van der Waals surface area contributed by atoms with Crippen LogP contribution in [0.3, 0.4) is 0 Å². The molecule has 0 aromatic carbocycles. The summed E-state index contributed by atoms with van der Waals surface area (Å²) < 4.78 is 0. The van der Waals surface area contributed by atoms with Gasteiger partial charge in [-0.15, -0.1) is 0 Å². The zero-order chi connectivity index (χ0) is 12.9. The van der Waals surface area contributed by atoms with Crippen LogP contribution in [-0.4, -0.2) is 79.0 Å². The van der Waals surface area contributed by atoms with Crippen LogP contribution >= 0.6 is 0 Å². The lowest BCUT2D eigenvalue weighted by molar-refractivity contribution is -0.181. The topological polar surface area (TPSA) is 142 Å². The number of aliphatic hydroxyl groups is 7. The van der Waals surface area contributed by atoms with Crippen LogP contribution in [0.1, 0.15) is 0 Å². The van der Waals surface area contributed by atoms with E-state index in [-0.39, 0.29) is 0 Å². The van der Waals surface area contributed by atoms with Crippen molar-refractivity contribution in [1.29, 1.82) is 0 Å². The third kappa shape index (κ3) is 1.70. The predicted molar refractivity (Wildman–Crippen MR) is 53.6 cm³/mol. The van der Waals surface area contributed by atoms with Gasteiger partial charge in [-0.05, 0) is 0 Å². The molecule has 2 aliphatic carbocycles. The lowest BCUT2D eigenvalue weighted by atomic mass is 9.68. The lowest BCUT2D eigenvalue weighted by Gasteiger charge is -2.44. The molecule has 9 atom stereocenters. The van der Waals surface area contributed by atoms with E-state index in [4.69, 9.17) is 0 Å². The minimum Gasteiger partial charge on any atom is -0.396 e. The molecule has 0 aromatic rings. The van der Waals surface area contributed by atoms with E-state index in [1.165, 1.54) is 0 Å². The highest BCUT2D eigenvalue weighted by Crippen LogP contribution is 2.46. The number of rotatable bonds is 1. The molecule has 0 aromatic heterocycles. The van der Waals surface area contributed by atoms with Gasteiger partial charge in [0.05, 0.1) is 24.4 Å². The van der Waals surface area contributed by atoms with Crippen LogP contribution in [0.2, 0.25) is 0 Å². The fourth-order valence-electron chi connectivity index (χ4n) is 3.22. The van der Waals surface area contributed by atoms with Gasteiger partial charge in [-0.2, -0.15) is 0 Å². The molecule has 0 spiro atoms. The Hall–Kier alpha value is -0.280. The normalized spacial score (nSPS) is 59.1. The molecule has 0 amide bonds. The third-order valence-corrected chi connectivity index (χ3v) is 4.17. The SMILES string of the molecule is OCC1C(O)C(O)C(O)C2C(O)C(O)C(O)C12. The molecule has 100 valence electrons. The highest BCUT2D eigenvalue weighted by molar-refractivity contribution is 5.09. The Bertz CT molecular complexity index is 286. The van der Waals surface area contributed by atoms with Gasteiger partial charge < -0.3 is 35.7 Å². The van der Waals surface area contributed by atoms with Crippen molar-refractivity contribution < 1.29 is 35.7 Å². The molecule has 0 bridgehead atoms. The van der Waals surface area contributed by atoms with Crippen LogP contribution in [0.5, 0.6) is 0 Å². The summed E-state index contributed by atoms with van der Waals surface area (Å²) in [6, 6.07) is 0. The summed E-state index contributed by atoms with van der Waals surface area (Å²) in [5.74, 6) is -2.70. The Labute approximate surface area is 97.6 Å². The summed E-state index contributed by atoms with van der Waals surface area (Å²) in [6.07, 6.45) is -8.54. The highest BCUT2D eigenvalue weighted by Gasteiger charge is 2.60. The van der Waals surface area contributed by atoms with Crippen LogP contribution in [0.4, 0.5) is 0 Å². The van der Waals surface area contributed by atoms with E-state index >= 15 is 0 Å². The summed E-state index contributed by atoms with van der Waals surface area (Å²) in [5, 5.41) is 67.3. The first-order valence-electron chi connectivity index (χ1n) is 5.61. The van der Waals surface area contributed by atoms with Gasteiger partial charge in [0.2, 0.25) is 0 Å². The van der Waals surface area contributed by atoms with Crippen molar-refractivity contribution in [1.82, 2.24) is 0 Å². The summed E-state index contributed by atoms with van der Waals surface area (Å²) in [7, 11) is 0. The standard InChI is InChI=1S/C10H18O7/c11-1-2-3-4(7(14)9(16)5(2)12)8(15)10(17)6(3)13/h2-17H,1H2. The first-order valence-corrected chi connectivity index (χ1v) is 5.61. The van der Waals surface area contributed by atoms with Gasteiger partial charge in [0.25, 0.3) is 0 Å². The fourth-order valence-corrected chi connectivity index (χ4v) is 3.22. The third-order valence-electron chi connectivity index (χ3n) is 4.17. The molecule has 2 saturated carbocycles. The van der Waals surface area contributed by atoms with Crippen molar-refractivity contribution in [2.24, 2.45) is 17.8 Å². The number of aliphatic hydroxyl groups excluding tert-OH is 7. The average molecular weight is 250 g/mol. The van der Waals surface area contributed by atoms with E-state index in [9.17, 15) is 35.7 Å². The van der Waals surface area contributed by atoms with Gasteiger partial charge in [0, 0.05) is 24.4 Å². The number of hydrogen-bond donors (Lipinski definition) is 7. The van der Waals surface area contributed by atoms with Crippen molar-refractivity contribution in [2.75, 3.05) is 6.61 Å². The minimum atomic E-state index is -1.51. The second kappa shape index (κ2) is 4.43. The zero-order valence-corrected chi connectivity index (χ0v) is 9.03. The Morgan fingerprint density at radius 1 is 0.529 bits per heavy atom. The van der Waals surface area contributed by atoms with E-state index in [1.807, 2.05) is 0 Å². The predicted octanol–water partition coefficient (Wildman–Crippen LogP) is -3.98. The Kier molecular flexibility index (Phi) is 3.43. The van der Waals surface area contributed by atoms with Crippen LogP contribution < -0.4 is 0 Å². The Morgan fingerprint density at radius 3 is 1.41 bits per heavy atom. The maximum atomic E-state index is 9.76. The molecule has 17 heavy (non-hydrogen) atoms. The van der Waals surface area contributed by atoms with Crippen LogP contribution in [0.25, 0.3) is 0 Å². The largest absolute Gasteiger partial charge is 0.396 e. The summed E-state index contributed by atoms with van der Waals surface area (Å²) in [5.41, 5.74) is 0. The van der Waals surface area contributed by atoms with Crippen LogP contribution in [0.15, 0.2) is 0 Å². The maximum absolute atomic E-state index is 9.76. The number of fused-ring (bicyclic) bond motifs is 1. The summed E-state index contributed by atoms with van der Waals surface area (Å²) in [6.45, 7) is -0.511. The molecule has 0 saturated heterocycles. The molecule has 0 aliphatic heterocycles. The fraction of sp³-hybridized carbons (Fsp3) is 1.00. The van der Waals surface area contributed by atoms with E-state index in [1.54, 1.807) is 0 Å². The molecule has 2 aliphatic rings. The van der Waals surface area contributed by atoms with Crippen molar-refractivity contribution >= 4 is 0 Å². The van der Waals surface area contributed by atoms with E-state index in [0.29, 0.717) is 0 Å². The Balaban J connectivity index is 2.35. The Morgan fingerprint density at radius 2 is 0.941 bits per heavy atom. The smallest absolute Gasteiger partial charge is 0.106 e. The summed E-state index contributed by atoms with van der Waals surface area (Å²) in [4.78, 5) is 0. The van der Waals surface area contributed by atoms with Crippen molar-refractivity contribution in [3.8, 4) is 0 Å². The minimum absolute atomic E-state index is 0.511. The van der Waals surface area contributed by atoms with Crippen molar-refractivity contribution in [3.05, 3.63) is 0 Å². The monoisotopic (exact) mass is 250 g/mol. The highest BCUT2D eigenvalue weighted by atomic mass is 16.4. The quantitative estimate of drug-likeness (QED) is 0.251. The van der Waals surface area contributed by atoms with E-state index in [2.05, 4.69) is 0 Å². The molecule has 7 nitrogen and oxygen atoms in total. The molecule has 7 N–H and O–H groups in total. The van der Waals surface area contributed by atoms with Gasteiger partial charge in [-0.25, -0.2) is 0 Å². The first kappa shape index (κ1) is 13.2. The molecule has 2 fully saturated rings. The molecule has 0 radical (unpaired) electrons. The van der Waals surface area contributed by atoms with Crippen LogP contribution in [-0.2, 0) is 0 Å². The molecular formula is C10H18O7. The van der Waals surface area contributed by atoms with Gasteiger partial charge in [-0.1, -0.05) is 0 Å². The summed E-state index contributed by atoms with van der Waals surface area (Å²) >= 11 is 0. The van der Waals surface area contributed by atoms with Crippen molar-refractivity contribution in [2.45, 2.75) is 36.6 Å². The van der Waals surface area contributed by atoms with E-state index < -0.39 is 61.0 Å². The van der Waals surface area contributed by atoms with Gasteiger partial charge in [-0.3, -0.25) is 0 Å².